The first kappa shape index (κ1) is 15.3. The first-order valence-electron chi connectivity index (χ1n) is 5.45. The average Bonchev–Trinajstić information content (AvgIpc) is 2.25. The van der Waals surface area contributed by atoms with E-state index < -0.39 is 6.10 Å². The number of amides is 1. The molecule has 0 aromatic carbocycles. The summed E-state index contributed by atoms with van der Waals surface area (Å²) in [5.74, 6) is 0.0130. The summed E-state index contributed by atoms with van der Waals surface area (Å²) < 4.78 is 9.85. The molecule has 1 N–H and O–H groups in total. The molecule has 0 heterocycles. The molecule has 0 saturated heterocycles. The average molecular weight is 233 g/mol. The smallest absolute Gasteiger partial charge is 0.222 e. The Bertz CT molecular complexity index is 198. The van der Waals surface area contributed by atoms with Gasteiger partial charge in [-0.2, -0.15) is 0 Å². The maximum Gasteiger partial charge on any atom is 0.222 e. The molecule has 1 amide bonds. The highest BCUT2D eigenvalue weighted by Crippen LogP contribution is 2.03. The fraction of sp³-hybridized carbons (Fsp3) is 0.909. The van der Waals surface area contributed by atoms with Crippen LogP contribution in [-0.4, -0.2) is 62.5 Å². The van der Waals surface area contributed by atoms with Crippen LogP contribution in [0, 0.1) is 0 Å². The first-order chi connectivity index (χ1) is 7.51. The summed E-state index contributed by atoms with van der Waals surface area (Å²) in [5, 5.41) is 9.45. The molecule has 0 bridgehead atoms. The highest BCUT2D eigenvalue weighted by Gasteiger charge is 2.14. The molecule has 0 aliphatic rings. The number of carbonyl (C=O) groups is 1. The lowest BCUT2D eigenvalue weighted by atomic mass is 10.2. The minimum atomic E-state index is -0.626. The van der Waals surface area contributed by atoms with Crippen LogP contribution in [0.2, 0.25) is 0 Å². The van der Waals surface area contributed by atoms with Crippen molar-refractivity contribution < 1.29 is 19.4 Å². The van der Waals surface area contributed by atoms with Gasteiger partial charge in [-0.25, -0.2) is 0 Å². The van der Waals surface area contributed by atoms with Crippen molar-refractivity contribution >= 4 is 5.91 Å². The Balaban J connectivity index is 3.81. The van der Waals surface area contributed by atoms with E-state index in [-0.39, 0.29) is 18.6 Å². The molecule has 0 aliphatic carbocycles. The van der Waals surface area contributed by atoms with Gasteiger partial charge in [0.1, 0.15) is 0 Å². The van der Waals surface area contributed by atoms with Crippen LogP contribution in [0.3, 0.4) is 0 Å². The van der Waals surface area contributed by atoms with E-state index in [1.54, 1.807) is 14.2 Å². The van der Waals surface area contributed by atoms with Gasteiger partial charge in [-0.15, -0.1) is 0 Å². The molecule has 0 radical (unpaired) electrons. The Hall–Kier alpha value is -0.650. The molecule has 0 aromatic rings. The largest absolute Gasteiger partial charge is 0.389 e. The minimum absolute atomic E-state index is 0.0130. The molecule has 0 aromatic heterocycles. The zero-order chi connectivity index (χ0) is 12.6. The van der Waals surface area contributed by atoms with Gasteiger partial charge in [0.25, 0.3) is 0 Å². The maximum absolute atomic E-state index is 11.6. The van der Waals surface area contributed by atoms with E-state index in [0.717, 1.165) is 0 Å². The van der Waals surface area contributed by atoms with E-state index in [1.807, 2.05) is 6.92 Å². The van der Waals surface area contributed by atoms with Gasteiger partial charge in [-0.05, 0) is 13.3 Å². The molecule has 0 rings (SSSR count). The van der Waals surface area contributed by atoms with Gasteiger partial charge in [0.15, 0.2) is 0 Å². The third-order valence-electron chi connectivity index (χ3n) is 2.44. The summed E-state index contributed by atoms with van der Waals surface area (Å²) in [6, 6.07) is 0. The number of hydrogen-bond acceptors (Lipinski definition) is 4. The molecule has 5 heteroatoms. The Kier molecular flexibility index (Phi) is 8.15. The number of hydrogen-bond donors (Lipinski definition) is 1. The minimum Gasteiger partial charge on any atom is -0.389 e. The molecular formula is C11H23NO4. The van der Waals surface area contributed by atoms with E-state index in [1.165, 1.54) is 12.0 Å². The van der Waals surface area contributed by atoms with Crippen LogP contribution < -0.4 is 0 Å². The molecule has 0 fully saturated rings. The number of carbonyl (C=O) groups excluding carboxylic acids is 1. The monoisotopic (exact) mass is 233 g/mol. The number of methoxy groups -OCH3 is 2. The second-order valence-corrected chi connectivity index (χ2v) is 3.97. The van der Waals surface area contributed by atoms with Gasteiger partial charge in [-0.1, -0.05) is 0 Å². The first-order valence-corrected chi connectivity index (χ1v) is 5.45. The summed E-state index contributed by atoms with van der Waals surface area (Å²) in [6.45, 7) is 2.47. The van der Waals surface area contributed by atoms with Crippen LogP contribution >= 0.6 is 0 Å². The van der Waals surface area contributed by atoms with Crippen LogP contribution in [0.4, 0.5) is 0 Å². The molecule has 16 heavy (non-hydrogen) atoms. The highest BCUT2D eigenvalue weighted by atomic mass is 16.5. The second kappa shape index (κ2) is 8.50. The molecule has 5 nitrogen and oxygen atoms in total. The Morgan fingerprint density at radius 2 is 2.06 bits per heavy atom. The van der Waals surface area contributed by atoms with Crippen molar-refractivity contribution in [3.63, 3.8) is 0 Å². The molecule has 2 unspecified atom stereocenters. The van der Waals surface area contributed by atoms with Gasteiger partial charge in [-0.3, -0.25) is 4.79 Å². The SMILES string of the molecule is COCC(O)CN(C)C(=O)CCC(C)OC. The standard InChI is InChI=1S/C11H23NO4/c1-9(16-4)5-6-11(14)12(2)7-10(13)8-15-3/h9-10,13H,5-8H2,1-4H3. The molecule has 2 atom stereocenters. The molecule has 0 spiro atoms. The van der Waals surface area contributed by atoms with E-state index in [2.05, 4.69) is 0 Å². The summed E-state index contributed by atoms with van der Waals surface area (Å²) in [4.78, 5) is 13.1. The van der Waals surface area contributed by atoms with E-state index in [0.29, 0.717) is 19.4 Å². The maximum atomic E-state index is 11.6. The van der Waals surface area contributed by atoms with Gasteiger partial charge in [0.05, 0.1) is 18.8 Å². The zero-order valence-corrected chi connectivity index (χ0v) is 10.6. The molecular weight excluding hydrogens is 210 g/mol. The lowest BCUT2D eigenvalue weighted by molar-refractivity contribution is -0.132. The van der Waals surface area contributed by atoms with E-state index in [9.17, 15) is 9.90 Å². The Morgan fingerprint density at radius 3 is 2.56 bits per heavy atom. The summed E-state index contributed by atoms with van der Waals surface area (Å²) >= 11 is 0. The second-order valence-electron chi connectivity index (χ2n) is 3.97. The summed E-state index contributed by atoms with van der Waals surface area (Å²) in [6.07, 6.45) is 0.589. The zero-order valence-electron chi connectivity index (χ0n) is 10.6. The molecule has 0 saturated carbocycles. The predicted octanol–water partition coefficient (Wildman–Crippen LogP) is 0.267. The number of ether oxygens (including phenoxy) is 2. The number of rotatable bonds is 8. The third kappa shape index (κ3) is 6.76. The van der Waals surface area contributed by atoms with Crippen molar-refractivity contribution in [3.05, 3.63) is 0 Å². The Labute approximate surface area is 97.3 Å². The van der Waals surface area contributed by atoms with Crippen LogP contribution in [0.25, 0.3) is 0 Å². The van der Waals surface area contributed by atoms with Gasteiger partial charge in [0, 0.05) is 34.2 Å². The van der Waals surface area contributed by atoms with Crippen molar-refractivity contribution in [3.8, 4) is 0 Å². The lowest BCUT2D eigenvalue weighted by Crippen LogP contribution is -2.36. The van der Waals surface area contributed by atoms with E-state index in [4.69, 9.17) is 9.47 Å². The van der Waals surface area contributed by atoms with Gasteiger partial charge >= 0.3 is 0 Å². The topological polar surface area (TPSA) is 59.0 Å². The molecule has 0 aliphatic heterocycles. The predicted molar refractivity (Wildman–Crippen MR) is 61.2 cm³/mol. The molecule has 96 valence electrons. The van der Waals surface area contributed by atoms with Crippen molar-refractivity contribution in [2.45, 2.75) is 32.0 Å². The quantitative estimate of drug-likeness (QED) is 0.653. The normalized spacial score (nSPS) is 14.6. The van der Waals surface area contributed by atoms with Crippen LogP contribution in [0.1, 0.15) is 19.8 Å². The fourth-order valence-electron chi connectivity index (χ4n) is 1.30. The van der Waals surface area contributed by atoms with Crippen molar-refractivity contribution in [1.29, 1.82) is 0 Å². The number of likely N-dealkylation sites (N-methyl/N-ethyl adjacent to an activating group) is 1. The number of aliphatic hydroxyl groups is 1. The number of nitrogens with zero attached hydrogens (tertiary/aromatic N) is 1. The van der Waals surface area contributed by atoms with Crippen molar-refractivity contribution in [1.82, 2.24) is 4.90 Å². The lowest BCUT2D eigenvalue weighted by Gasteiger charge is -2.21. The van der Waals surface area contributed by atoms with Crippen LogP contribution in [-0.2, 0) is 14.3 Å². The Morgan fingerprint density at radius 1 is 1.44 bits per heavy atom. The number of aliphatic hydroxyl groups excluding tert-OH is 1. The summed E-state index contributed by atoms with van der Waals surface area (Å²) in [7, 11) is 4.82. The van der Waals surface area contributed by atoms with Gasteiger partial charge < -0.3 is 19.5 Å². The third-order valence-corrected chi connectivity index (χ3v) is 2.44. The van der Waals surface area contributed by atoms with Crippen molar-refractivity contribution in [2.75, 3.05) is 34.4 Å². The summed E-state index contributed by atoms with van der Waals surface area (Å²) in [5.41, 5.74) is 0. The van der Waals surface area contributed by atoms with Crippen molar-refractivity contribution in [2.24, 2.45) is 0 Å². The van der Waals surface area contributed by atoms with Crippen LogP contribution in [0.5, 0.6) is 0 Å². The highest BCUT2D eigenvalue weighted by molar-refractivity contribution is 5.75. The van der Waals surface area contributed by atoms with Gasteiger partial charge in [0.2, 0.25) is 5.91 Å². The van der Waals surface area contributed by atoms with Crippen LogP contribution in [0.15, 0.2) is 0 Å². The fourth-order valence-corrected chi connectivity index (χ4v) is 1.30. The van der Waals surface area contributed by atoms with E-state index >= 15 is 0 Å².